The van der Waals surface area contributed by atoms with E-state index in [1.165, 1.54) is 0 Å². The predicted octanol–water partition coefficient (Wildman–Crippen LogP) is 3.99. The van der Waals surface area contributed by atoms with Crippen molar-refractivity contribution in [3.05, 3.63) is 47.4 Å². The number of benzene rings is 1. The lowest BCUT2D eigenvalue weighted by Gasteiger charge is -2.36. The molecule has 1 amide bonds. The van der Waals surface area contributed by atoms with Crippen molar-refractivity contribution >= 4 is 29.0 Å². The predicted molar refractivity (Wildman–Crippen MR) is 95.6 cm³/mol. The number of anilines is 2. The number of nitrogens with one attached hydrogen (secondary N) is 1. The van der Waals surface area contributed by atoms with Gasteiger partial charge in [0, 0.05) is 37.2 Å². The van der Waals surface area contributed by atoms with E-state index >= 15 is 0 Å². The van der Waals surface area contributed by atoms with E-state index in [9.17, 15) is 4.79 Å². The van der Waals surface area contributed by atoms with Crippen LogP contribution in [0.4, 0.5) is 11.5 Å². The van der Waals surface area contributed by atoms with Crippen LogP contribution in [0.2, 0.25) is 5.15 Å². The van der Waals surface area contributed by atoms with Crippen molar-refractivity contribution in [2.45, 2.75) is 38.6 Å². The van der Waals surface area contributed by atoms with Crippen LogP contribution in [0.15, 0.2) is 36.4 Å². The van der Waals surface area contributed by atoms with E-state index in [1.807, 2.05) is 35.2 Å². The molecule has 2 atom stereocenters. The summed E-state index contributed by atoms with van der Waals surface area (Å²) in [5.74, 6) is 1.57. The largest absolute Gasteiger partial charge is 0.340 e. The molecule has 6 heteroatoms. The van der Waals surface area contributed by atoms with Gasteiger partial charge in [0.05, 0.1) is 0 Å². The van der Waals surface area contributed by atoms with Crippen molar-refractivity contribution in [3.63, 3.8) is 0 Å². The minimum Gasteiger partial charge on any atom is -0.340 e. The number of aromatic nitrogens is 2. The Bertz CT molecular complexity index is 722. The van der Waals surface area contributed by atoms with Gasteiger partial charge in [0.25, 0.3) is 0 Å². The molecule has 1 aliphatic heterocycles. The number of nitrogens with zero attached hydrogens (tertiary/aromatic N) is 3. The monoisotopic (exact) mass is 344 g/mol. The number of rotatable bonds is 3. The highest BCUT2D eigenvalue weighted by Crippen LogP contribution is 2.30. The third-order valence-corrected chi connectivity index (χ3v) is 4.60. The zero-order valence-corrected chi connectivity index (χ0v) is 14.6. The molecule has 0 unspecified atom stereocenters. The first-order valence-corrected chi connectivity index (χ1v) is 8.54. The molecular formula is C18H21ClN4O. The number of amides is 1. The van der Waals surface area contributed by atoms with E-state index in [1.54, 1.807) is 13.0 Å². The highest BCUT2D eigenvalue weighted by Gasteiger charge is 2.29. The second-order valence-electron chi connectivity index (χ2n) is 6.22. The average molecular weight is 345 g/mol. The first kappa shape index (κ1) is 16.7. The Labute approximate surface area is 147 Å². The number of halogens is 1. The van der Waals surface area contributed by atoms with Gasteiger partial charge in [-0.3, -0.25) is 4.79 Å². The molecule has 1 N–H and O–H groups in total. The standard InChI is InChI=1S/C18H21ClN4O/c1-12-8-9-14(11-23(12)13(2)24)18-21-16(19)10-17(22-18)20-15-6-4-3-5-7-15/h3-7,10,12,14H,8-9,11H2,1-2H3,(H,20,21,22)/t12-,14+/m0/s1. The fraction of sp³-hybridized carbons (Fsp3) is 0.389. The Hall–Kier alpha value is -2.14. The Balaban J connectivity index is 1.82. The summed E-state index contributed by atoms with van der Waals surface area (Å²) >= 11 is 6.19. The topological polar surface area (TPSA) is 58.1 Å². The third-order valence-electron chi connectivity index (χ3n) is 4.41. The van der Waals surface area contributed by atoms with Crippen LogP contribution in [0, 0.1) is 0 Å². The second kappa shape index (κ2) is 7.18. The summed E-state index contributed by atoms with van der Waals surface area (Å²) in [6.45, 7) is 4.33. The van der Waals surface area contributed by atoms with Gasteiger partial charge in [0.1, 0.15) is 16.8 Å². The zero-order chi connectivity index (χ0) is 17.1. The normalized spacial score (nSPS) is 20.7. The number of likely N-dealkylation sites (tertiary alicyclic amines) is 1. The molecule has 5 nitrogen and oxygen atoms in total. The molecule has 24 heavy (non-hydrogen) atoms. The summed E-state index contributed by atoms with van der Waals surface area (Å²) in [6.07, 6.45) is 1.90. The number of hydrogen-bond acceptors (Lipinski definition) is 4. The SMILES string of the molecule is CC(=O)N1C[C@H](c2nc(Cl)cc(Nc3ccccc3)n2)CC[C@@H]1C. The van der Waals surface area contributed by atoms with Gasteiger partial charge < -0.3 is 10.2 Å². The van der Waals surface area contributed by atoms with Crippen molar-refractivity contribution in [1.29, 1.82) is 0 Å². The average Bonchev–Trinajstić information content (AvgIpc) is 2.55. The molecule has 0 radical (unpaired) electrons. The van der Waals surface area contributed by atoms with Crippen molar-refractivity contribution < 1.29 is 4.79 Å². The van der Waals surface area contributed by atoms with Crippen LogP contribution >= 0.6 is 11.6 Å². The highest BCUT2D eigenvalue weighted by molar-refractivity contribution is 6.29. The van der Waals surface area contributed by atoms with Crippen LogP contribution in [-0.4, -0.2) is 33.4 Å². The van der Waals surface area contributed by atoms with Gasteiger partial charge in [-0.05, 0) is 31.9 Å². The van der Waals surface area contributed by atoms with Crippen molar-refractivity contribution in [3.8, 4) is 0 Å². The highest BCUT2D eigenvalue weighted by atomic mass is 35.5. The number of hydrogen-bond donors (Lipinski definition) is 1. The number of para-hydroxylation sites is 1. The zero-order valence-electron chi connectivity index (χ0n) is 13.9. The second-order valence-corrected chi connectivity index (χ2v) is 6.61. The molecule has 0 saturated carbocycles. The van der Waals surface area contributed by atoms with Gasteiger partial charge in [-0.25, -0.2) is 9.97 Å². The summed E-state index contributed by atoms with van der Waals surface area (Å²) in [4.78, 5) is 22.7. The van der Waals surface area contributed by atoms with E-state index in [-0.39, 0.29) is 17.9 Å². The summed E-state index contributed by atoms with van der Waals surface area (Å²) in [5.41, 5.74) is 0.945. The maximum absolute atomic E-state index is 11.8. The fourth-order valence-electron chi connectivity index (χ4n) is 3.11. The molecule has 1 aliphatic rings. The quantitative estimate of drug-likeness (QED) is 0.855. The molecule has 1 aromatic carbocycles. The molecule has 3 rings (SSSR count). The first-order valence-electron chi connectivity index (χ1n) is 8.16. The molecule has 0 bridgehead atoms. The Kier molecular flexibility index (Phi) is 5.00. The summed E-state index contributed by atoms with van der Waals surface area (Å²) in [6, 6.07) is 11.8. The van der Waals surface area contributed by atoms with E-state index in [0.29, 0.717) is 23.3 Å². The molecule has 1 fully saturated rings. The molecule has 126 valence electrons. The van der Waals surface area contributed by atoms with Crippen LogP contribution in [0.25, 0.3) is 0 Å². The van der Waals surface area contributed by atoms with Gasteiger partial charge >= 0.3 is 0 Å². The van der Waals surface area contributed by atoms with Crippen LogP contribution in [0.1, 0.15) is 38.4 Å². The Morgan fingerprint density at radius 1 is 1.25 bits per heavy atom. The van der Waals surface area contributed by atoms with Gasteiger partial charge in [-0.1, -0.05) is 29.8 Å². The lowest BCUT2D eigenvalue weighted by molar-refractivity contribution is -0.132. The van der Waals surface area contributed by atoms with Gasteiger partial charge in [-0.2, -0.15) is 0 Å². The number of carbonyl (C=O) groups excluding carboxylic acids is 1. The number of piperidine rings is 1. The lowest BCUT2D eigenvalue weighted by atomic mass is 9.92. The van der Waals surface area contributed by atoms with Gasteiger partial charge in [-0.15, -0.1) is 0 Å². The molecule has 2 aromatic rings. The molecule has 0 aliphatic carbocycles. The fourth-order valence-corrected chi connectivity index (χ4v) is 3.30. The summed E-state index contributed by atoms with van der Waals surface area (Å²) < 4.78 is 0. The maximum Gasteiger partial charge on any atom is 0.219 e. The van der Waals surface area contributed by atoms with Gasteiger partial charge in [0.15, 0.2) is 0 Å². The smallest absolute Gasteiger partial charge is 0.219 e. The third kappa shape index (κ3) is 3.85. The van der Waals surface area contributed by atoms with Crippen LogP contribution < -0.4 is 5.32 Å². The Morgan fingerprint density at radius 2 is 2.00 bits per heavy atom. The molecule has 0 spiro atoms. The van der Waals surface area contributed by atoms with Crippen molar-refractivity contribution in [2.24, 2.45) is 0 Å². The van der Waals surface area contributed by atoms with Crippen molar-refractivity contribution in [1.82, 2.24) is 14.9 Å². The van der Waals surface area contributed by atoms with Crippen LogP contribution in [-0.2, 0) is 4.79 Å². The molecule has 1 saturated heterocycles. The maximum atomic E-state index is 11.8. The molecular weight excluding hydrogens is 324 g/mol. The van der Waals surface area contributed by atoms with E-state index in [4.69, 9.17) is 11.6 Å². The van der Waals surface area contributed by atoms with Crippen LogP contribution in [0.5, 0.6) is 0 Å². The minimum absolute atomic E-state index is 0.0943. The van der Waals surface area contributed by atoms with Gasteiger partial charge in [0.2, 0.25) is 5.91 Å². The molecule has 1 aromatic heterocycles. The van der Waals surface area contributed by atoms with E-state index in [0.717, 1.165) is 18.5 Å². The Morgan fingerprint density at radius 3 is 2.71 bits per heavy atom. The summed E-state index contributed by atoms with van der Waals surface area (Å²) in [7, 11) is 0. The van der Waals surface area contributed by atoms with E-state index < -0.39 is 0 Å². The lowest BCUT2D eigenvalue weighted by Crippen LogP contribution is -2.44. The molecule has 2 heterocycles. The first-order chi connectivity index (χ1) is 11.5. The number of carbonyl (C=O) groups is 1. The van der Waals surface area contributed by atoms with Crippen LogP contribution in [0.3, 0.4) is 0 Å². The van der Waals surface area contributed by atoms with Crippen molar-refractivity contribution in [2.75, 3.05) is 11.9 Å². The van der Waals surface area contributed by atoms with E-state index in [2.05, 4.69) is 22.2 Å². The summed E-state index contributed by atoms with van der Waals surface area (Å²) in [5, 5.41) is 3.66. The minimum atomic E-state index is 0.0943.